The highest BCUT2D eigenvalue weighted by Crippen LogP contribution is 2.10. The van der Waals surface area contributed by atoms with Gasteiger partial charge >= 0.3 is 0 Å². The smallest absolute Gasteiger partial charge is 0.251 e. The van der Waals surface area contributed by atoms with E-state index in [9.17, 15) is 4.79 Å². The van der Waals surface area contributed by atoms with Gasteiger partial charge in [-0.1, -0.05) is 83.8 Å². The number of rotatable bonds is 13. The molecule has 0 aliphatic rings. The molecule has 1 rings (SSSR count). The fourth-order valence-electron chi connectivity index (χ4n) is 2.74. The molecule has 1 N–H and O–H groups in total. The lowest BCUT2D eigenvalue weighted by molar-refractivity contribution is 0.0953. The van der Waals surface area contributed by atoms with Gasteiger partial charge in [0.1, 0.15) is 0 Å². The van der Waals surface area contributed by atoms with Crippen LogP contribution in [0.3, 0.4) is 0 Å². The van der Waals surface area contributed by atoms with Crippen LogP contribution in [0.2, 0.25) is 0 Å². The van der Waals surface area contributed by atoms with Crippen LogP contribution in [0.4, 0.5) is 0 Å². The third-order valence-corrected chi connectivity index (χ3v) is 4.32. The van der Waals surface area contributed by atoms with E-state index in [4.69, 9.17) is 0 Å². The van der Waals surface area contributed by atoms with Gasteiger partial charge in [0.05, 0.1) is 0 Å². The molecule has 23 heavy (non-hydrogen) atoms. The van der Waals surface area contributed by atoms with Gasteiger partial charge in [0, 0.05) is 12.1 Å². The van der Waals surface area contributed by atoms with Crippen LogP contribution < -0.4 is 5.32 Å². The largest absolute Gasteiger partial charge is 0.352 e. The Labute approximate surface area is 143 Å². The van der Waals surface area contributed by atoms with E-state index in [-0.39, 0.29) is 5.91 Å². The van der Waals surface area contributed by atoms with Crippen molar-refractivity contribution in [1.82, 2.24) is 5.32 Å². The van der Waals surface area contributed by atoms with Crippen LogP contribution in [0.25, 0.3) is 0 Å². The van der Waals surface area contributed by atoms with Crippen LogP contribution in [0.1, 0.15) is 94.0 Å². The monoisotopic (exact) mass is 316 g/mol. The second-order valence-electron chi connectivity index (χ2n) is 6.35. The molecule has 0 aromatic heterocycles. The molecular formula is C21H34NO. The molecule has 0 saturated heterocycles. The van der Waals surface area contributed by atoms with E-state index in [1.807, 2.05) is 37.6 Å². The summed E-state index contributed by atoms with van der Waals surface area (Å²) in [5, 5.41) is 3.01. The first-order valence-electron chi connectivity index (χ1n) is 9.45. The Kier molecular flexibility index (Phi) is 11.3. The summed E-state index contributed by atoms with van der Waals surface area (Å²) in [5.41, 5.74) is 1.90. The first-order chi connectivity index (χ1) is 11.3. The Morgan fingerprint density at radius 3 is 1.91 bits per heavy atom. The minimum absolute atomic E-state index is 0.0450. The first-order valence-corrected chi connectivity index (χ1v) is 9.45. The zero-order chi connectivity index (χ0) is 16.8. The number of amides is 1. The number of hydrogen-bond donors (Lipinski definition) is 1. The molecule has 0 aliphatic carbocycles. The summed E-state index contributed by atoms with van der Waals surface area (Å²) in [7, 11) is 0. The van der Waals surface area contributed by atoms with Gasteiger partial charge in [-0.2, -0.15) is 0 Å². The van der Waals surface area contributed by atoms with Crippen molar-refractivity contribution < 1.29 is 4.79 Å². The van der Waals surface area contributed by atoms with Crippen molar-refractivity contribution in [1.29, 1.82) is 0 Å². The standard InChI is InChI=1S/C21H34NO/c1-3-5-6-7-8-9-10-11-12-13-18-22-21(23)20-16-14-19(4-2)15-17-20/h4,14-17H,3,5-13,18H2,1-2H3,(H,22,23). The molecule has 0 bridgehead atoms. The molecule has 0 atom stereocenters. The Balaban J connectivity index is 1.97. The van der Waals surface area contributed by atoms with Crippen LogP contribution in [0.15, 0.2) is 24.3 Å². The van der Waals surface area contributed by atoms with E-state index < -0.39 is 0 Å². The van der Waals surface area contributed by atoms with Crippen molar-refractivity contribution in [2.24, 2.45) is 0 Å². The van der Waals surface area contributed by atoms with Crippen molar-refractivity contribution in [2.75, 3.05) is 6.54 Å². The Morgan fingerprint density at radius 2 is 1.39 bits per heavy atom. The molecule has 1 amide bonds. The summed E-state index contributed by atoms with van der Waals surface area (Å²) in [6.45, 7) is 5.05. The zero-order valence-corrected chi connectivity index (χ0v) is 15.1. The summed E-state index contributed by atoms with van der Waals surface area (Å²) >= 11 is 0. The molecule has 2 heteroatoms. The summed E-state index contributed by atoms with van der Waals surface area (Å²) < 4.78 is 0. The number of benzene rings is 1. The summed E-state index contributed by atoms with van der Waals surface area (Å²) in [6.07, 6.45) is 15.3. The lowest BCUT2D eigenvalue weighted by atomic mass is 10.1. The summed E-state index contributed by atoms with van der Waals surface area (Å²) in [6, 6.07) is 7.75. The third kappa shape index (κ3) is 9.43. The van der Waals surface area contributed by atoms with Crippen molar-refractivity contribution >= 4 is 5.91 Å². The fourth-order valence-corrected chi connectivity index (χ4v) is 2.74. The van der Waals surface area contributed by atoms with Crippen LogP contribution in [0, 0.1) is 6.42 Å². The van der Waals surface area contributed by atoms with Crippen LogP contribution in [-0.4, -0.2) is 12.5 Å². The van der Waals surface area contributed by atoms with Gasteiger partial charge in [-0.15, -0.1) is 0 Å². The van der Waals surface area contributed by atoms with E-state index in [0.29, 0.717) is 0 Å². The van der Waals surface area contributed by atoms with E-state index >= 15 is 0 Å². The van der Waals surface area contributed by atoms with Gasteiger partial charge in [-0.25, -0.2) is 0 Å². The maximum Gasteiger partial charge on any atom is 0.251 e. The number of carbonyl (C=O) groups is 1. The Bertz CT molecular complexity index is 410. The number of unbranched alkanes of at least 4 members (excludes halogenated alkanes) is 9. The van der Waals surface area contributed by atoms with Gasteiger partial charge in [0.15, 0.2) is 0 Å². The van der Waals surface area contributed by atoms with Crippen LogP contribution >= 0.6 is 0 Å². The van der Waals surface area contributed by atoms with Crippen molar-refractivity contribution in [3.8, 4) is 0 Å². The maximum absolute atomic E-state index is 12.0. The van der Waals surface area contributed by atoms with Crippen LogP contribution in [-0.2, 0) is 0 Å². The molecule has 129 valence electrons. The number of nitrogens with one attached hydrogen (secondary N) is 1. The highest BCUT2D eigenvalue weighted by molar-refractivity contribution is 5.94. The molecule has 0 aliphatic heterocycles. The second kappa shape index (κ2) is 13.2. The number of hydrogen-bond acceptors (Lipinski definition) is 1. The van der Waals surface area contributed by atoms with E-state index in [1.54, 1.807) is 0 Å². The molecule has 0 heterocycles. The van der Waals surface area contributed by atoms with Gasteiger partial charge in [0.2, 0.25) is 0 Å². The molecule has 0 unspecified atom stereocenters. The minimum atomic E-state index is 0.0450. The highest BCUT2D eigenvalue weighted by Gasteiger charge is 2.03. The quantitative estimate of drug-likeness (QED) is 0.450. The average Bonchev–Trinajstić information content (AvgIpc) is 2.59. The second-order valence-corrected chi connectivity index (χ2v) is 6.35. The van der Waals surface area contributed by atoms with Crippen molar-refractivity contribution in [2.45, 2.75) is 78.1 Å². The number of carbonyl (C=O) groups excluding carboxylic acids is 1. The molecule has 1 aromatic rings. The molecule has 1 aromatic carbocycles. The highest BCUT2D eigenvalue weighted by atomic mass is 16.1. The normalized spacial score (nSPS) is 10.7. The third-order valence-electron chi connectivity index (χ3n) is 4.32. The van der Waals surface area contributed by atoms with Gasteiger partial charge in [-0.05, 0) is 30.5 Å². The van der Waals surface area contributed by atoms with Gasteiger partial charge < -0.3 is 5.32 Å². The van der Waals surface area contributed by atoms with Gasteiger partial charge in [-0.3, -0.25) is 4.79 Å². The predicted octanol–water partition coefficient (Wildman–Crippen LogP) is 5.91. The zero-order valence-electron chi connectivity index (χ0n) is 15.1. The molecular weight excluding hydrogens is 282 g/mol. The van der Waals surface area contributed by atoms with E-state index in [1.165, 1.54) is 57.8 Å². The topological polar surface area (TPSA) is 29.1 Å². The fraction of sp³-hybridized carbons (Fsp3) is 0.619. The SMILES string of the molecule is C[CH]c1ccc(C(=O)NCCCCCCCCCCCC)cc1. The van der Waals surface area contributed by atoms with Crippen LogP contribution in [0.5, 0.6) is 0 Å². The average molecular weight is 317 g/mol. The summed E-state index contributed by atoms with van der Waals surface area (Å²) in [5.74, 6) is 0.0450. The van der Waals surface area contributed by atoms with Crippen molar-refractivity contribution in [3.05, 3.63) is 41.8 Å². The lowest BCUT2D eigenvalue weighted by Gasteiger charge is -2.06. The molecule has 0 saturated carbocycles. The van der Waals surface area contributed by atoms with Crippen molar-refractivity contribution in [3.63, 3.8) is 0 Å². The maximum atomic E-state index is 12.0. The molecule has 2 nitrogen and oxygen atoms in total. The Hall–Kier alpha value is -1.31. The molecule has 0 fully saturated rings. The minimum Gasteiger partial charge on any atom is -0.352 e. The van der Waals surface area contributed by atoms with E-state index in [2.05, 4.69) is 12.2 Å². The lowest BCUT2D eigenvalue weighted by Crippen LogP contribution is -2.24. The van der Waals surface area contributed by atoms with E-state index in [0.717, 1.165) is 24.1 Å². The predicted molar refractivity (Wildman–Crippen MR) is 99.7 cm³/mol. The molecule has 0 spiro atoms. The first kappa shape index (κ1) is 19.7. The van der Waals surface area contributed by atoms with Gasteiger partial charge in [0.25, 0.3) is 5.91 Å². The molecule has 1 radical (unpaired) electrons. The summed E-state index contributed by atoms with van der Waals surface area (Å²) in [4.78, 5) is 12.0. The Morgan fingerprint density at radius 1 is 0.870 bits per heavy atom.